The molecule has 0 aromatic heterocycles. The molecule has 1 unspecified atom stereocenters. The standard InChI is InChI=1S/C16H34N2O/c1-5-19-12-6-9-17-13-15(4)18-10-7-16(8-11-18)14(2)3/h14-17H,5-13H2,1-4H3. The lowest BCUT2D eigenvalue weighted by Gasteiger charge is -2.37. The second kappa shape index (κ2) is 9.73. The van der Waals surface area contributed by atoms with Crippen LogP contribution in [0.25, 0.3) is 0 Å². The van der Waals surface area contributed by atoms with E-state index in [1.807, 2.05) is 0 Å². The van der Waals surface area contributed by atoms with Gasteiger partial charge in [0.25, 0.3) is 0 Å². The number of ether oxygens (including phenoxy) is 1. The number of hydrogen-bond donors (Lipinski definition) is 1. The Hall–Kier alpha value is -0.120. The van der Waals surface area contributed by atoms with Gasteiger partial charge in [-0.15, -0.1) is 0 Å². The fraction of sp³-hybridized carbons (Fsp3) is 1.00. The van der Waals surface area contributed by atoms with Gasteiger partial charge in [0.15, 0.2) is 0 Å². The highest BCUT2D eigenvalue weighted by molar-refractivity contribution is 4.78. The van der Waals surface area contributed by atoms with Crippen LogP contribution in [0.2, 0.25) is 0 Å². The lowest BCUT2D eigenvalue weighted by atomic mass is 9.86. The molecule has 1 heterocycles. The van der Waals surface area contributed by atoms with E-state index in [0.29, 0.717) is 6.04 Å². The summed E-state index contributed by atoms with van der Waals surface area (Å²) >= 11 is 0. The molecule has 3 nitrogen and oxygen atoms in total. The van der Waals surface area contributed by atoms with Crippen LogP contribution in [0.5, 0.6) is 0 Å². The number of hydrogen-bond acceptors (Lipinski definition) is 3. The van der Waals surface area contributed by atoms with Gasteiger partial charge in [-0.3, -0.25) is 4.90 Å². The van der Waals surface area contributed by atoms with Crippen molar-refractivity contribution in [2.45, 2.75) is 53.0 Å². The molecule has 0 spiro atoms. The van der Waals surface area contributed by atoms with Gasteiger partial charge in [-0.25, -0.2) is 0 Å². The van der Waals surface area contributed by atoms with Crippen molar-refractivity contribution in [3.8, 4) is 0 Å². The summed E-state index contributed by atoms with van der Waals surface area (Å²) in [4.78, 5) is 2.65. The molecule has 1 N–H and O–H groups in total. The largest absolute Gasteiger partial charge is 0.382 e. The van der Waals surface area contributed by atoms with Crippen LogP contribution < -0.4 is 5.32 Å². The van der Waals surface area contributed by atoms with Crippen LogP contribution in [0.4, 0.5) is 0 Å². The summed E-state index contributed by atoms with van der Waals surface area (Å²) in [6.07, 6.45) is 3.88. The average Bonchev–Trinajstić information content (AvgIpc) is 2.42. The van der Waals surface area contributed by atoms with E-state index in [9.17, 15) is 0 Å². The summed E-state index contributed by atoms with van der Waals surface area (Å²) in [5.41, 5.74) is 0. The zero-order valence-electron chi connectivity index (χ0n) is 13.5. The topological polar surface area (TPSA) is 24.5 Å². The summed E-state index contributed by atoms with van der Waals surface area (Å²) in [5, 5.41) is 3.55. The van der Waals surface area contributed by atoms with Gasteiger partial charge < -0.3 is 10.1 Å². The molecular weight excluding hydrogens is 236 g/mol. The Bertz CT molecular complexity index is 213. The summed E-state index contributed by atoms with van der Waals surface area (Å²) in [7, 11) is 0. The maximum absolute atomic E-state index is 5.34. The Morgan fingerprint density at radius 2 is 1.89 bits per heavy atom. The van der Waals surface area contributed by atoms with Crippen LogP contribution in [-0.4, -0.2) is 50.3 Å². The lowest BCUT2D eigenvalue weighted by Crippen LogP contribution is -2.45. The third kappa shape index (κ3) is 6.73. The van der Waals surface area contributed by atoms with E-state index in [2.05, 4.69) is 37.9 Å². The molecule has 19 heavy (non-hydrogen) atoms. The quantitative estimate of drug-likeness (QED) is 0.652. The van der Waals surface area contributed by atoms with E-state index in [1.54, 1.807) is 0 Å². The zero-order valence-corrected chi connectivity index (χ0v) is 13.5. The molecule has 1 atom stereocenters. The molecular formula is C16H34N2O. The molecule has 3 heteroatoms. The first-order valence-corrected chi connectivity index (χ1v) is 8.17. The number of nitrogens with one attached hydrogen (secondary N) is 1. The molecule has 1 aliphatic rings. The molecule has 0 saturated carbocycles. The van der Waals surface area contributed by atoms with Gasteiger partial charge in [-0.2, -0.15) is 0 Å². The summed E-state index contributed by atoms with van der Waals surface area (Å²) in [6, 6.07) is 0.667. The lowest BCUT2D eigenvalue weighted by molar-refractivity contribution is 0.119. The molecule has 114 valence electrons. The second-order valence-corrected chi connectivity index (χ2v) is 6.22. The molecule has 0 radical (unpaired) electrons. The first-order chi connectivity index (χ1) is 9.15. The molecule has 1 saturated heterocycles. The van der Waals surface area contributed by atoms with E-state index in [1.165, 1.54) is 25.9 Å². The SMILES string of the molecule is CCOCCCNCC(C)N1CCC(C(C)C)CC1. The molecule has 0 aromatic rings. The van der Waals surface area contributed by atoms with Crippen molar-refractivity contribution in [1.29, 1.82) is 0 Å². The molecule has 1 aliphatic heterocycles. The second-order valence-electron chi connectivity index (χ2n) is 6.22. The smallest absolute Gasteiger partial charge is 0.0477 e. The van der Waals surface area contributed by atoms with Crippen molar-refractivity contribution >= 4 is 0 Å². The van der Waals surface area contributed by atoms with Crippen LogP contribution in [-0.2, 0) is 4.74 Å². The average molecular weight is 270 g/mol. The summed E-state index contributed by atoms with van der Waals surface area (Å²) < 4.78 is 5.34. The van der Waals surface area contributed by atoms with Gasteiger partial charge in [0, 0.05) is 25.8 Å². The van der Waals surface area contributed by atoms with Crippen molar-refractivity contribution in [3.63, 3.8) is 0 Å². The highest BCUT2D eigenvalue weighted by Crippen LogP contribution is 2.25. The minimum Gasteiger partial charge on any atom is -0.382 e. The van der Waals surface area contributed by atoms with Crippen molar-refractivity contribution in [2.24, 2.45) is 11.8 Å². The Balaban J connectivity index is 2.05. The molecule has 0 aromatic carbocycles. The summed E-state index contributed by atoms with van der Waals surface area (Å²) in [5.74, 6) is 1.80. The van der Waals surface area contributed by atoms with Crippen molar-refractivity contribution < 1.29 is 4.74 Å². The fourth-order valence-corrected chi connectivity index (χ4v) is 2.91. The van der Waals surface area contributed by atoms with Gasteiger partial charge in [-0.1, -0.05) is 13.8 Å². The molecule has 0 bridgehead atoms. The predicted molar refractivity (Wildman–Crippen MR) is 82.6 cm³/mol. The number of piperidine rings is 1. The van der Waals surface area contributed by atoms with E-state index in [0.717, 1.165) is 44.6 Å². The maximum Gasteiger partial charge on any atom is 0.0477 e. The fourth-order valence-electron chi connectivity index (χ4n) is 2.91. The van der Waals surface area contributed by atoms with Crippen LogP contribution >= 0.6 is 0 Å². The van der Waals surface area contributed by atoms with Gasteiger partial charge in [0.05, 0.1) is 0 Å². The van der Waals surface area contributed by atoms with Gasteiger partial charge >= 0.3 is 0 Å². The highest BCUT2D eigenvalue weighted by atomic mass is 16.5. The third-order valence-electron chi connectivity index (χ3n) is 4.43. The van der Waals surface area contributed by atoms with Gasteiger partial charge in [0.1, 0.15) is 0 Å². The first kappa shape index (κ1) is 16.9. The monoisotopic (exact) mass is 270 g/mol. The van der Waals surface area contributed by atoms with Gasteiger partial charge in [-0.05, 0) is 64.6 Å². The van der Waals surface area contributed by atoms with E-state index in [4.69, 9.17) is 4.74 Å². The minimum atomic E-state index is 0.667. The first-order valence-electron chi connectivity index (χ1n) is 8.17. The Labute approximate surface area is 120 Å². The van der Waals surface area contributed by atoms with Crippen LogP contribution in [0, 0.1) is 11.8 Å². The van der Waals surface area contributed by atoms with Crippen molar-refractivity contribution in [3.05, 3.63) is 0 Å². The Kier molecular flexibility index (Phi) is 8.67. The normalized spacial score (nSPS) is 20.1. The molecule has 1 fully saturated rings. The predicted octanol–water partition coefficient (Wildman–Crippen LogP) is 2.76. The van der Waals surface area contributed by atoms with Crippen molar-refractivity contribution in [1.82, 2.24) is 10.2 Å². The third-order valence-corrected chi connectivity index (χ3v) is 4.43. The number of nitrogens with zero attached hydrogens (tertiary/aromatic N) is 1. The Morgan fingerprint density at radius 1 is 1.21 bits per heavy atom. The van der Waals surface area contributed by atoms with E-state index in [-0.39, 0.29) is 0 Å². The van der Waals surface area contributed by atoms with Crippen LogP contribution in [0.3, 0.4) is 0 Å². The molecule has 1 rings (SSSR count). The summed E-state index contributed by atoms with van der Waals surface area (Å²) in [6.45, 7) is 15.6. The maximum atomic E-state index is 5.34. The van der Waals surface area contributed by atoms with Gasteiger partial charge in [0.2, 0.25) is 0 Å². The van der Waals surface area contributed by atoms with E-state index < -0.39 is 0 Å². The highest BCUT2D eigenvalue weighted by Gasteiger charge is 2.23. The number of likely N-dealkylation sites (tertiary alicyclic amines) is 1. The zero-order chi connectivity index (χ0) is 14.1. The Morgan fingerprint density at radius 3 is 2.47 bits per heavy atom. The molecule has 0 aliphatic carbocycles. The molecule has 0 amide bonds. The number of rotatable bonds is 9. The van der Waals surface area contributed by atoms with Crippen LogP contribution in [0.1, 0.15) is 47.0 Å². The van der Waals surface area contributed by atoms with Crippen molar-refractivity contribution in [2.75, 3.05) is 39.4 Å². The van der Waals surface area contributed by atoms with E-state index >= 15 is 0 Å². The minimum absolute atomic E-state index is 0.667. The van der Waals surface area contributed by atoms with Crippen LogP contribution in [0.15, 0.2) is 0 Å².